The van der Waals surface area contributed by atoms with Gasteiger partial charge >= 0.3 is 0 Å². The zero-order chi connectivity index (χ0) is 22.4. The highest BCUT2D eigenvalue weighted by molar-refractivity contribution is 6.02. The summed E-state index contributed by atoms with van der Waals surface area (Å²) < 4.78 is 2.92. The number of hydrogen-bond acceptors (Lipinski definition) is 4. The van der Waals surface area contributed by atoms with Crippen molar-refractivity contribution in [2.45, 2.75) is 25.3 Å². The molecule has 7 heteroatoms. The molecule has 1 N–H and O–H groups in total. The summed E-state index contributed by atoms with van der Waals surface area (Å²) in [6.45, 7) is -0.169. The molecule has 1 aliphatic rings. The summed E-state index contributed by atoms with van der Waals surface area (Å²) in [6.07, 6.45) is 3.77. The quantitative estimate of drug-likeness (QED) is 0.447. The summed E-state index contributed by atoms with van der Waals surface area (Å²) in [7, 11) is 0. The fourth-order valence-electron chi connectivity index (χ4n) is 4.28. The molecule has 7 nitrogen and oxygen atoms in total. The lowest BCUT2D eigenvalue weighted by atomic mass is 10.1. The van der Waals surface area contributed by atoms with E-state index in [1.807, 2.05) is 72.8 Å². The number of rotatable bonds is 5. The van der Waals surface area contributed by atoms with E-state index in [1.165, 1.54) is 4.68 Å². The van der Waals surface area contributed by atoms with Crippen molar-refractivity contribution in [2.75, 3.05) is 5.32 Å². The van der Waals surface area contributed by atoms with E-state index < -0.39 is 0 Å². The van der Waals surface area contributed by atoms with E-state index in [2.05, 4.69) is 15.5 Å². The maximum absolute atomic E-state index is 13.4. The summed E-state index contributed by atoms with van der Waals surface area (Å²) in [6, 6.07) is 23.2. The van der Waals surface area contributed by atoms with Gasteiger partial charge in [-0.15, -0.1) is 0 Å². The molecular formula is C26H21N5O2. The van der Waals surface area contributed by atoms with Crippen LogP contribution in [0.5, 0.6) is 0 Å². The molecule has 2 heterocycles. The van der Waals surface area contributed by atoms with Gasteiger partial charge < -0.3 is 5.32 Å². The lowest BCUT2D eigenvalue weighted by molar-refractivity contribution is -0.117. The van der Waals surface area contributed by atoms with Gasteiger partial charge in [-0.25, -0.2) is 9.36 Å². The van der Waals surface area contributed by atoms with Crippen LogP contribution in [-0.4, -0.2) is 25.5 Å². The predicted molar refractivity (Wildman–Crippen MR) is 128 cm³/mol. The number of anilines is 1. The second-order valence-electron chi connectivity index (χ2n) is 8.35. The van der Waals surface area contributed by atoms with Crippen molar-refractivity contribution in [1.82, 2.24) is 19.6 Å². The molecule has 1 saturated carbocycles. The molecule has 0 radical (unpaired) electrons. The Morgan fingerprint density at radius 3 is 2.52 bits per heavy atom. The molecule has 1 amide bonds. The number of nitrogens with one attached hydrogen (secondary N) is 1. The molecule has 2 aromatic heterocycles. The number of benzene rings is 3. The van der Waals surface area contributed by atoms with E-state index >= 15 is 0 Å². The number of fused-ring (bicyclic) bond motifs is 2. The van der Waals surface area contributed by atoms with Crippen LogP contribution < -0.4 is 10.9 Å². The molecular weight excluding hydrogens is 414 g/mol. The Labute approximate surface area is 189 Å². The van der Waals surface area contributed by atoms with Crippen LogP contribution in [0.2, 0.25) is 0 Å². The minimum atomic E-state index is -0.330. The van der Waals surface area contributed by atoms with E-state index in [0.29, 0.717) is 17.1 Å². The molecule has 0 spiro atoms. The fraction of sp³-hybridized carbons (Fsp3) is 0.154. The summed E-state index contributed by atoms with van der Waals surface area (Å²) >= 11 is 0. The topological polar surface area (TPSA) is 81.8 Å². The van der Waals surface area contributed by atoms with Crippen molar-refractivity contribution < 1.29 is 4.79 Å². The molecule has 3 aromatic carbocycles. The van der Waals surface area contributed by atoms with E-state index in [4.69, 9.17) is 0 Å². The Kier molecular flexibility index (Phi) is 4.54. The van der Waals surface area contributed by atoms with Crippen molar-refractivity contribution >= 4 is 33.3 Å². The second-order valence-corrected chi connectivity index (χ2v) is 8.35. The Bertz CT molecular complexity index is 1560. The third kappa shape index (κ3) is 3.47. The molecule has 1 fully saturated rings. The first-order valence-electron chi connectivity index (χ1n) is 11.0. The Balaban J connectivity index is 1.40. The molecule has 162 valence electrons. The average Bonchev–Trinajstić information content (AvgIpc) is 3.59. The molecule has 0 saturated heterocycles. The molecule has 33 heavy (non-hydrogen) atoms. The molecule has 0 aliphatic heterocycles. The summed E-state index contributed by atoms with van der Waals surface area (Å²) in [5, 5.41) is 14.8. The minimum Gasteiger partial charge on any atom is -0.324 e. The summed E-state index contributed by atoms with van der Waals surface area (Å²) in [5.74, 6) is 0.00160. The van der Waals surface area contributed by atoms with Crippen LogP contribution in [0, 0.1) is 0 Å². The van der Waals surface area contributed by atoms with Crippen molar-refractivity contribution in [3.05, 3.63) is 95.0 Å². The first-order chi connectivity index (χ1) is 16.2. The van der Waals surface area contributed by atoms with Crippen molar-refractivity contribution in [2.24, 2.45) is 0 Å². The average molecular weight is 435 g/mol. The standard InChI is InChI=1S/C26H21N5O2/c32-23(28-22-12-6-8-17-7-4-5-11-20(17)22)16-30-26(33)25-21(24(29-30)18-13-14-18)15-27-31(25)19-9-2-1-3-10-19/h1-12,15,18H,13-14,16H2,(H,28,32). The maximum Gasteiger partial charge on any atom is 0.293 e. The van der Waals surface area contributed by atoms with Gasteiger partial charge in [-0.3, -0.25) is 9.59 Å². The van der Waals surface area contributed by atoms with Gasteiger partial charge in [0.05, 0.1) is 17.6 Å². The normalized spacial score (nSPS) is 13.5. The van der Waals surface area contributed by atoms with Gasteiger partial charge in [0.25, 0.3) is 5.56 Å². The molecule has 0 atom stereocenters. The number of nitrogens with zero attached hydrogens (tertiary/aromatic N) is 4. The summed E-state index contributed by atoms with van der Waals surface area (Å²) in [4.78, 5) is 26.4. The molecule has 0 bridgehead atoms. The first-order valence-corrected chi connectivity index (χ1v) is 11.0. The van der Waals surface area contributed by atoms with E-state index in [1.54, 1.807) is 10.9 Å². The number of hydrogen-bond donors (Lipinski definition) is 1. The lowest BCUT2D eigenvalue weighted by Gasteiger charge is -2.12. The second kappa shape index (κ2) is 7.70. The van der Waals surface area contributed by atoms with Crippen LogP contribution in [0.25, 0.3) is 27.4 Å². The number of carbonyl (C=O) groups is 1. The Morgan fingerprint density at radius 1 is 0.939 bits per heavy atom. The third-order valence-electron chi connectivity index (χ3n) is 6.03. The largest absolute Gasteiger partial charge is 0.324 e. The van der Waals surface area contributed by atoms with Gasteiger partial charge in [-0.05, 0) is 36.4 Å². The van der Waals surface area contributed by atoms with Crippen molar-refractivity contribution in [3.63, 3.8) is 0 Å². The van der Waals surface area contributed by atoms with Gasteiger partial charge in [0.1, 0.15) is 12.1 Å². The Morgan fingerprint density at radius 2 is 1.70 bits per heavy atom. The van der Waals surface area contributed by atoms with E-state index in [-0.39, 0.29) is 18.0 Å². The number of carbonyl (C=O) groups excluding carboxylic acids is 1. The number of amides is 1. The Hall–Kier alpha value is -4.26. The number of para-hydroxylation sites is 1. The van der Waals surface area contributed by atoms with Crippen LogP contribution in [0.3, 0.4) is 0 Å². The molecule has 5 aromatic rings. The van der Waals surface area contributed by atoms with E-state index in [9.17, 15) is 9.59 Å². The van der Waals surface area contributed by atoms with Gasteiger partial charge in [0, 0.05) is 22.4 Å². The van der Waals surface area contributed by atoms with Crippen LogP contribution in [0.1, 0.15) is 24.5 Å². The maximum atomic E-state index is 13.4. The SMILES string of the molecule is O=C(Cn1nc(C2CC2)c2cnn(-c3ccccc3)c2c1=O)Nc1cccc2ccccc12. The number of aromatic nitrogens is 4. The van der Waals surface area contributed by atoms with Crippen molar-refractivity contribution in [3.8, 4) is 5.69 Å². The monoisotopic (exact) mass is 435 g/mol. The zero-order valence-corrected chi connectivity index (χ0v) is 17.8. The zero-order valence-electron chi connectivity index (χ0n) is 17.8. The molecule has 0 unspecified atom stereocenters. The lowest BCUT2D eigenvalue weighted by Crippen LogP contribution is -2.31. The van der Waals surface area contributed by atoms with Gasteiger partial charge in [-0.1, -0.05) is 54.6 Å². The van der Waals surface area contributed by atoms with Gasteiger partial charge in [0.2, 0.25) is 5.91 Å². The van der Waals surface area contributed by atoms with Crippen LogP contribution in [-0.2, 0) is 11.3 Å². The minimum absolute atomic E-state index is 0.169. The first kappa shape index (κ1) is 19.4. The summed E-state index contributed by atoms with van der Waals surface area (Å²) in [5.41, 5.74) is 2.47. The highest BCUT2D eigenvalue weighted by Crippen LogP contribution is 2.41. The molecule has 1 aliphatic carbocycles. The highest BCUT2D eigenvalue weighted by atomic mass is 16.2. The smallest absolute Gasteiger partial charge is 0.293 e. The van der Waals surface area contributed by atoms with Gasteiger partial charge in [0.15, 0.2) is 0 Å². The van der Waals surface area contributed by atoms with Gasteiger partial charge in [-0.2, -0.15) is 10.2 Å². The fourth-order valence-corrected chi connectivity index (χ4v) is 4.28. The molecule has 6 rings (SSSR count). The third-order valence-corrected chi connectivity index (χ3v) is 6.03. The predicted octanol–water partition coefficient (Wildman–Crippen LogP) is 4.25. The van der Waals surface area contributed by atoms with E-state index in [0.717, 1.165) is 40.4 Å². The van der Waals surface area contributed by atoms with Crippen LogP contribution in [0.15, 0.2) is 83.8 Å². The van der Waals surface area contributed by atoms with Crippen molar-refractivity contribution in [1.29, 1.82) is 0 Å². The van der Waals surface area contributed by atoms with Crippen LogP contribution in [0.4, 0.5) is 5.69 Å². The van der Waals surface area contributed by atoms with Crippen LogP contribution >= 0.6 is 0 Å². The highest BCUT2D eigenvalue weighted by Gasteiger charge is 2.30.